The van der Waals surface area contributed by atoms with E-state index in [1.165, 1.54) is 6.42 Å². The van der Waals surface area contributed by atoms with Gasteiger partial charge in [-0.05, 0) is 57.7 Å². The van der Waals surface area contributed by atoms with Crippen LogP contribution < -0.4 is 25.2 Å². The predicted octanol–water partition coefficient (Wildman–Crippen LogP) is 2.76. The molecule has 1 aliphatic carbocycles. The average Bonchev–Trinajstić information content (AvgIpc) is 2.77. The SMILES string of the molecule is CC(C)(COc1cccc2c1C(N)=NS(=O)(=O)N2)NC(=O)c1ccnc(OC2CCCCC2)c1. The summed E-state index contributed by atoms with van der Waals surface area (Å²) in [7, 11) is -3.88. The van der Waals surface area contributed by atoms with Gasteiger partial charge in [0, 0.05) is 17.8 Å². The summed E-state index contributed by atoms with van der Waals surface area (Å²) in [6.07, 6.45) is 7.23. The first kappa shape index (κ1) is 23.8. The number of ether oxygens (including phenoxy) is 2. The molecule has 0 atom stereocenters. The number of nitrogens with one attached hydrogen (secondary N) is 2. The van der Waals surface area contributed by atoms with E-state index >= 15 is 0 Å². The van der Waals surface area contributed by atoms with Crippen LogP contribution in [0, 0.1) is 0 Å². The minimum atomic E-state index is -3.88. The molecule has 0 spiro atoms. The number of hydrogen-bond acceptors (Lipinski definition) is 7. The van der Waals surface area contributed by atoms with Crippen LogP contribution in [0.1, 0.15) is 61.9 Å². The van der Waals surface area contributed by atoms with Crippen molar-refractivity contribution in [3.05, 3.63) is 47.7 Å². The Morgan fingerprint density at radius 1 is 1.24 bits per heavy atom. The number of anilines is 1. The number of nitrogens with two attached hydrogens (primary N) is 1. The summed E-state index contributed by atoms with van der Waals surface area (Å²) in [6, 6.07) is 8.17. The first-order valence-electron chi connectivity index (χ1n) is 11.2. The highest BCUT2D eigenvalue weighted by Gasteiger charge is 2.27. The number of rotatable bonds is 7. The molecule has 0 bridgehead atoms. The Balaban J connectivity index is 1.41. The van der Waals surface area contributed by atoms with Gasteiger partial charge in [0.05, 0.1) is 16.8 Å². The molecule has 4 N–H and O–H groups in total. The number of amidine groups is 1. The first-order valence-corrected chi connectivity index (χ1v) is 12.7. The van der Waals surface area contributed by atoms with E-state index in [-0.39, 0.29) is 30.1 Å². The van der Waals surface area contributed by atoms with Gasteiger partial charge in [-0.1, -0.05) is 12.5 Å². The van der Waals surface area contributed by atoms with E-state index in [2.05, 4.69) is 19.4 Å². The number of fused-ring (bicyclic) bond motifs is 1. The molecule has 1 aromatic carbocycles. The highest BCUT2D eigenvalue weighted by molar-refractivity contribution is 7.91. The highest BCUT2D eigenvalue weighted by atomic mass is 32.2. The van der Waals surface area contributed by atoms with Gasteiger partial charge in [0.25, 0.3) is 5.91 Å². The summed E-state index contributed by atoms with van der Waals surface area (Å²) in [4.78, 5) is 17.2. The van der Waals surface area contributed by atoms with Gasteiger partial charge in [-0.2, -0.15) is 8.42 Å². The van der Waals surface area contributed by atoms with Gasteiger partial charge in [0.15, 0.2) is 5.84 Å². The monoisotopic (exact) mass is 487 g/mol. The molecule has 2 aliphatic rings. The number of nitrogens with zero attached hydrogens (tertiary/aromatic N) is 2. The van der Waals surface area contributed by atoms with Crippen molar-refractivity contribution in [1.29, 1.82) is 0 Å². The number of benzene rings is 1. The molecule has 2 heterocycles. The molecule has 1 saturated carbocycles. The molecule has 182 valence electrons. The fourth-order valence-corrected chi connectivity index (χ4v) is 4.82. The smallest absolute Gasteiger partial charge is 0.344 e. The van der Waals surface area contributed by atoms with Crippen molar-refractivity contribution in [3.8, 4) is 11.6 Å². The van der Waals surface area contributed by atoms with Crippen molar-refractivity contribution >= 4 is 27.6 Å². The zero-order valence-corrected chi connectivity index (χ0v) is 20.0. The molecule has 4 rings (SSSR count). The van der Waals surface area contributed by atoms with Gasteiger partial charge in [0.1, 0.15) is 18.5 Å². The number of hydrogen-bond donors (Lipinski definition) is 3. The second kappa shape index (κ2) is 9.49. The van der Waals surface area contributed by atoms with Gasteiger partial charge in [-0.25, -0.2) is 4.98 Å². The van der Waals surface area contributed by atoms with Crippen molar-refractivity contribution in [2.45, 2.75) is 57.6 Å². The molecular formula is C23H29N5O5S. The number of carbonyl (C=O) groups excluding carboxylic acids is 1. The molecule has 0 unspecified atom stereocenters. The van der Waals surface area contributed by atoms with Crippen LogP contribution in [0.3, 0.4) is 0 Å². The van der Waals surface area contributed by atoms with Crippen molar-refractivity contribution in [2.75, 3.05) is 11.3 Å². The van der Waals surface area contributed by atoms with Crippen molar-refractivity contribution in [3.63, 3.8) is 0 Å². The second-order valence-corrected chi connectivity index (χ2v) is 10.5. The summed E-state index contributed by atoms with van der Waals surface area (Å²) in [5.41, 5.74) is 6.19. The number of pyridine rings is 1. The topological polar surface area (TPSA) is 145 Å². The Labute approximate surface area is 199 Å². The van der Waals surface area contributed by atoms with Crippen LogP contribution in [-0.2, 0) is 10.2 Å². The summed E-state index contributed by atoms with van der Waals surface area (Å²) < 4.78 is 41.2. The maximum Gasteiger partial charge on any atom is 0.344 e. The van der Waals surface area contributed by atoms with E-state index in [9.17, 15) is 13.2 Å². The van der Waals surface area contributed by atoms with Gasteiger partial charge in [-0.3, -0.25) is 9.52 Å². The summed E-state index contributed by atoms with van der Waals surface area (Å²) in [6.45, 7) is 3.74. The minimum Gasteiger partial charge on any atom is -0.490 e. The molecule has 0 saturated heterocycles. The fourth-order valence-electron chi connectivity index (χ4n) is 3.98. The van der Waals surface area contributed by atoms with Crippen LogP contribution in [0.2, 0.25) is 0 Å². The first-order chi connectivity index (χ1) is 16.1. The average molecular weight is 488 g/mol. The lowest BCUT2D eigenvalue weighted by Gasteiger charge is -2.28. The summed E-state index contributed by atoms with van der Waals surface area (Å²) in [5.74, 6) is 0.360. The normalized spacial score (nSPS) is 17.6. The molecule has 10 nitrogen and oxygen atoms in total. The van der Waals surface area contributed by atoms with Gasteiger partial charge < -0.3 is 20.5 Å². The molecule has 1 aromatic heterocycles. The third kappa shape index (κ3) is 5.77. The standard InChI is InChI=1S/C23H29N5O5S/c1-23(2,14-32-18-10-6-9-17-20(18)21(24)28-34(30,31)27-17)26-22(29)15-11-12-25-19(13-15)33-16-7-4-3-5-8-16/h6,9-13,16,27H,3-5,7-8,14H2,1-2H3,(H2,24,28)(H,26,29). The van der Waals surface area contributed by atoms with Crippen LogP contribution in [0.4, 0.5) is 5.69 Å². The zero-order valence-electron chi connectivity index (χ0n) is 19.2. The van der Waals surface area contributed by atoms with Gasteiger partial charge in [-0.15, -0.1) is 4.40 Å². The second-order valence-electron chi connectivity index (χ2n) is 9.12. The Hall–Kier alpha value is -3.34. The van der Waals surface area contributed by atoms with Crippen LogP contribution in [-0.4, -0.2) is 43.4 Å². The highest BCUT2D eigenvalue weighted by Crippen LogP contribution is 2.31. The maximum atomic E-state index is 12.9. The van der Waals surface area contributed by atoms with E-state index in [0.717, 1.165) is 25.7 Å². The largest absolute Gasteiger partial charge is 0.490 e. The third-order valence-electron chi connectivity index (χ3n) is 5.62. The molecule has 0 radical (unpaired) electrons. The van der Waals surface area contributed by atoms with E-state index in [1.807, 2.05) is 13.8 Å². The molecule has 11 heteroatoms. The Kier molecular flexibility index (Phi) is 6.65. The molecule has 34 heavy (non-hydrogen) atoms. The van der Waals surface area contributed by atoms with E-state index < -0.39 is 15.7 Å². The van der Waals surface area contributed by atoms with Crippen LogP contribution in [0.15, 0.2) is 40.9 Å². The van der Waals surface area contributed by atoms with E-state index in [0.29, 0.717) is 22.8 Å². The quantitative estimate of drug-likeness (QED) is 0.544. The third-order valence-corrected chi connectivity index (χ3v) is 6.53. The van der Waals surface area contributed by atoms with Gasteiger partial charge >= 0.3 is 10.2 Å². The van der Waals surface area contributed by atoms with Crippen molar-refractivity contribution in [2.24, 2.45) is 10.1 Å². The zero-order chi connectivity index (χ0) is 24.3. The minimum absolute atomic E-state index is 0.103. The van der Waals surface area contributed by atoms with E-state index in [4.69, 9.17) is 15.2 Å². The maximum absolute atomic E-state index is 12.9. The Morgan fingerprint density at radius 2 is 2.00 bits per heavy atom. The van der Waals surface area contributed by atoms with Crippen molar-refractivity contribution in [1.82, 2.24) is 10.3 Å². The number of aromatic nitrogens is 1. The lowest BCUT2D eigenvalue weighted by Crippen LogP contribution is -2.48. The van der Waals surface area contributed by atoms with E-state index in [1.54, 1.807) is 36.5 Å². The lowest BCUT2D eigenvalue weighted by molar-refractivity contribution is 0.0879. The molecule has 1 aliphatic heterocycles. The number of carbonyl (C=O) groups is 1. The predicted molar refractivity (Wildman–Crippen MR) is 128 cm³/mol. The lowest BCUT2D eigenvalue weighted by atomic mass is 9.98. The summed E-state index contributed by atoms with van der Waals surface area (Å²) >= 11 is 0. The van der Waals surface area contributed by atoms with Crippen LogP contribution in [0.5, 0.6) is 11.6 Å². The fraction of sp³-hybridized carbons (Fsp3) is 0.435. The number of amides is 1. The van der Waals surface area contributed by atoms with Crippen LogP contribution in [0.25, 0.3) is 0 Å². The molecule has 1 fully saturated rings. The molecule has 2 aromatic rings. The van der Waals surface area contributed by atoms with Crippen LogP contribution >= 0.6 is 0 Å². The molecular weight excluding hydrogens is 458 g/mol. The molecule has 1 amide bonds. The Bertz CT molecular complexity index is 1210. The Morgan fingerprint density at radius 3 is 2.76 bits per heavy atom. The summed E-state index contributed by atoms with van der Waals surface area (Å²) in [5, 5.41) is 2.96. The van der Waals surface area contributed by atoms with Crippen molar-refractivity contribution < 1.29 is 22.7 Å². The van der Waals surface area contributed by atoms with Gasteiger partial charge in [0.2, 0.25) is 5.88 Å².